The molecule has 0 N–H and O–H groups in total. The van der Waals surface area contributed by atoms with Gasteiger partial charge in [-0.25, -0.2) is 4.79 Å². The van der Waals surface area contributed by atoms with Crippen molar-refractivity contribution >= 4 is 29.1 Å². The predicted octanol–water partition coefficient (Wildman–Crippen LogP) is 5.02. The Morgan fingerprint density at radius 1 is 1.00 bits per heavy atom. The third kappa shape index (κ3) is 5.72. The Morgan fingerprint density at radius 3 is 2.16 bits per heavy atom. The van der Waals surface area contributed by atoms with Gasteiger partial charge in [-0.15, -0.1) is 11.8 Å². The van der Waals surface area contributed by atoms with E-state index in [1.54, 1.807) is 11.8 Å². The molecule has 10 heteroatoms. The van der Waals surface area contributed by atoms with Crippen molar-refractivity contribution in [3.63, 3.8) is 0 Å². The monoisotopic (exact) mass is 446 g/mol. The smallest absolute Gasteiger partial charge is 0.339 e. The van der Waals surface area contributed by atoms with Crippen molar-refractivity contribution in [1.29, 1.82) is 0 Å². The molecule has 0 saturated heterocycles. The first kappa shape index (κ1) is 22.5. The van der Waals surface area contributed by atoms with Crippen LogP contribution in [0.5, 0.6) is 5.75 Å². The van der Waals surface area contributed by atoms with Crippen LogP contribution in [-0.4, -0.2) is 34.3 Å². The molecule has 164 valence electrons. The van der Waals surface area contributed by atoms with E-state index < -0.39 is 33.3 Å². The summed E-state index contributed by atoms with van der Waals surface area (Å²) in [6.07, 6.45) is 3.10. The van der Waals surface area contributed by atoms with Crippen LogP contribution in [0.4, 0.5) is 11.4 Å². The molecule has 1 fully saturated rings. The molecule has 0 heterocycles. The fourth-order valence-electron chi connectivity index (χ4n) is 3.52. The lowest BCUT2D eigenvalue weighted by Crippen LogP contribution is -2.40. The van der Waals surface area contributed by atoms with Gasteiger partial charge in [0.1, 0.15) is 18.0 Å². The number of carbonyl (C=O) groups is 1. The van der Waals surface area contributed by atoms with Gasteiger partial charge in [0.2, 0.25) is 0 Å². The zero-order chi connectivity index (χ0) is 22.5. The Hall–Kier alpha value is -3.14. The highest BCUT2D eigenvalue weighted by Gasteiger charge is 2.34. The first-order chi connectivity index (χ1) is 14.8. The number of thioether (sulfide) groups is 1. The number of non-ortho nitro benzene ring substituents is 2. The standard InChI is InChI=1S/C21H22N2O7S/c1-13-3-8-19(20(9-13)29-17-4-6-18(31-2)7-5-17)30-21(24)14-10-15(22(25)26)12-16(11-14)23(27)28/h4-7,10-13,19-20H,3,8-9H2,1-2H3/t13-,19+,20+/m0/s1. The van der Waals surface area contributed by atoms with E-state index in [4.69, 9.17) is 9.47 Å². The molecule has 3 rings (SSSR count). The second-order valence-electron chi connectivity index (χ2n) is 7.45. The zero-order valence-electron chi connectivity index (χ0n) is 17.1. The van der Waals surface area contributed by atoms with Gasteiger partial charge in [0.25, 0.3) is 11.4 Å². The Balaban J connectivity index is 1.79. The number of carbonyl (C=O) groups excluding carboxylic acids is 1. The number of nitro groups is 2. The number of ether oxygens (including phenoxy) is 2. The summed E-state index contributed by atoms with van der Waals surface area (Å²) >= 11 is 1.62. The predicted molar refractivity (Wildman–Crippen MR) is 115 cm³/mol. The van der Waals surface area contributed by atoms with Crippen molar-refractivity contribution < 1.29 is 24.1 Å². The van der Waals surface area contributed by atoms with Crippen molar-refractivity contribution in [2.75, 3.05) is 6.26 Å². The van der Waals surface area contributed by atoms with Gasteiger partial charge in [0, 0.05) is 17.0 Å². The molecule has 31 heavy (non-hydrogen) atoms. The van der Waals surface area contributed by atoms with Crippen LogP contribution in [0.15, 0.2) is 47.4 Å². The fourth-order valence-corrected chi connectivity index (χ4v) is 3.93. The molecule has 0 bridgehead atoms. The molecular formula is C21H22N2O7S. The Kier molecular flexibility index (Phi) is 7.11. The largest absolute Gasteiger partial charge is 0.487 e. The third-order valence-corrected chi connectivity index (χ3v) is 5.90. The minimum Gasteiger partial charge on any atom is -0.487 e. The maximum absolute atomic E-state index is 12.7. The fraction of sp³-hybridized carbons (Fsp3) is 0.381. The number of benzene rings is 2. The molecule has 0 radical (unpaired) electrons. The summed E-state index contributed by atoms with van der Waals surface area (Å²) in [5, 5.41) is 22.2. The van der Waals surface area contributed by atoms with Gasteiger partial charge in [-0.2, -0.15) is 0 Å². The molecule has 9 nitrogen and oxygen atoms in total. The highest BCUT2D eigenvalue weighted by molar-refractivity contribution is 7.98. The molecule has 1 saturated carbocycles. The molecular weight excluding hydrogens is 424 g/mol. The first-order valence-corrected chi connectivity index (χ1v) is 10.9. The molecule has 2 aromatic rings. The number of rotatable bonds is 7. The molecule has 1 aliphatic rings. The molecule has 0 aromatic heterocycles. The van der Waals surface area contributed by atoms with Crippen LogP contribution < -0.4 is 4.74 Å². The van der Waals surface area contributed by atoms with Crippen LogP contribution in [0.2, 0.25) is 0 Å². The second-order valence-corrected chi connectivity index (χ2v) is 8.33. The Bertz CT molecular complexity index is 948. The summed E-state index contributed by atoms with van der Waals surface area (Å²) in [6.45, 7) is 2.09. The van der Waals surface area contributed by atoms with Gasteiger partial charge in [0.05, 0.1) is 21.5 Å². The van der Waals surface area contributed by atoms with Crippen LogP contribution in [0, 0.1) is 26.1 Å². The van der Waals surface area contributed by atoms with Gasteiger partial charge in [0.15, 0.2) is 0 Å². The number of hydrogen-bond donors (Lipinski definition) is 0. The summed E-state index contributed by atoms with van der Waals surface area (Å²) in [5.41, 5.74) is -1.32. The third-order valence-electron chi connectivity index (χ3n) is 5.16. The lowest BCUT2D eigenvalue weighted by Gasteiger charge is -2.34. The number of esters is 1. The van der Waals surface area contributed by atoms with Gasteiger partial charge in [-0.3, -0.25) is 20.2 Å². The van der Waals surface area contributed by atoms with E-state index in [0.29, 0.717) is 24.5 Å². The lowest BCUT2D eigenvalue weighted by atomic mass is 9.86. The average Bonchev–Trinajstić information content (AvgIpc) is 2.75. The molecule has 1 aliphatic carbocycles. The van der Waals surface area contributed by atoms with E-state index in [1.807, 2.05) is 30.5 Å². The SMILES string of the molecule is CSc1ccc(O[C@@H]2C[C@@H](C)CC[C@H]2OC(=O)c2cc([N+](=O)[O-])cc([N+](=O)[O-])c2)cc1. The topological polar surface area (TPSA) is 122 Å². The summed E-state index contributed by atoms with van der Waals surface area (Å²) in [4.78, 5) is 34.4. The molecule has 2 aromatic carbocycles. The minimum atomic E-state index is -0.849. The van der Waals surface area contributed by atoms with Crippen LogP contribution >= 0.6 is 11.8 Å². The van der Waals surface area contributed by atoms with Crippen LogP contribution in [-0.2, 0) is 4.74 Å². The summed E-state index contributed by atoms with van der Waals surface area (Å²) in [5.74, 6) is 0.186. The Morgan fingerprint density at radius 2 is 1.61 bits per heavy atom. The molecule has 0 amide bonds. The zero-order valence-corrected chi connectivity index (χ0v) is 17.9. The maximum Gasteiger partial charge on any atom is 0.339 e. The normalized spacial score (nSPS) is 20.6. The highest BCUT2D eigenvalue weighted by atomic mass is 32.2. The van der Waals surface area contributed by atoms with E-state index in [9.17, 15) is 25.0 Å². The van der Waals surface area contributed by atoms with Gasteiger partial charge >= 0.3 is 5.97 Å². The quantitative estimate of drug-likeness (QED) is 0.251. The van der Waals surface area contributed by atoms with Crippen LogP contribution in [0.25, 0.3) is 0 Å². The van der Waals surface area contributed by atoms with E-state index >= 15 is 0 Å². The number of nitro benzene ring substituents is 2. The van der Waals surface area contributed by atoms with Crippen molar-refractivity contribution in [1.82, 2.24) is 0 Å². The van der Waals surface area contributed by atoms with Crippen LogP contribution in [0.3, 0.4) is 0 Å². The Labute approximate surface area is 183 Å². The van der Waals surface area contributed by atoms with Gasteiger partial charge in [-0.05, 0) is 55.7 Å². The van der Waals surface area contributed by atoms with E-state index in [0.717, 1.165) is 29.5 Å². The maximum atomic E-state index is 12.7. The van der Waals surface area contributed by atoms with Crippen molar-refractivity contribution in [2.45, 2.75) is 43.3 Å². The summed E-state index contributed by atoms with van der Waals surface area (Å²) < 4.78 is 11.7. The minimum absolute atomic E-state index is 0.234. The van der Waals surface area contributed by atoms with Crippen molar-refractivity contribution in [3.05, 3.63) is 68.3 Å². The summed E-state index contributed by atoms with van der Waals surface area (Å²) in [6, 6.07) is 10.4. The molecule has 0 unspecified atom stereocenters. The molecule has 0 spiro atoms. The first-order valence-electron chi connectivity index (χ1n) is 9.72. The number of nitrogens with zero attached hydrogens (tertiary/aromatic N) is 2. The molecule has 0 aliphatic heterocycles. The van der Waals surface area contributed by atoms with Crippen molar-refractivity contribution in [2.24, 2.45) is 5.92 Å². The lowest BCUT2D eigenvalue weighted by molar-refractivity contribution is -0.394. The van der Waals surface area contributed by atoms with E-state index in [1.165, 1.54) is 0 Å². The number of hydrogen-bond acceptors (Lipinski definition) is 8. The van der Waals surface area contributed by atoms with E-state index in [2.05, 4.69) is 6.92 Å². The summed E-state index contributed by atoms with van der Waals surface area (Å²) in [7, 11) is 0. The second kappa shape index (κ2) is 9.78. The van der Waals surface area contributed by atoms with Gasteiger partial charge < -0.3 is 9.47 Å². The highest BCUT2D eigenvalue weighted by Crippen LogP contribution is 2.31. The molecule has 3 atom stereocenters. The average molecular weight is 446 g/mol. The van der Waals surface area contributed by atoms with Crippen LogP contribution in [0.1, 0.15) is 36.5 Å². The van der Waals surface area contributed by atoms with Crippen molar-refractivity contribution in [3.8, 4) is 5.75 Å². The van der Waals surface area contributed by atoms with E-state index in [-0.39, 0.29) is 11.7 Å². The van der Waals surface area contributed by atoms with Gasteiger partial charge in [-0.1, -0.05) is 6.92 Å².